The van der Waals surface area contributed by atoms with Crippen LogP contribution in [-0.2, 0) is 11.2 Å². The molecule has 1 atom stereocenters. The Balaban J connectivity index is 2.15. The Hall–Kier alpha value is -0.930. The molecule has 1 aliphatic carbocycles. The first-order valence-corrected chi connectivity index (χ1v) is 6.06. The predicted molar refractivity (Wildman–Crippen MR) is 65.4 cm³/mol. The third kappa shape index (κ3) is 2.50. The molecule has 1 saturated carbocycles. The van der Waals surface area contributed by atoms with Gasteiger partial charge in [-0.1, -0.05) is 23.7 Å². The Kier molecular flexibility index (Phi) is 3.23. The predicted octanol–water partition coefficient (Wildman–Crippen LogP) is 2.72. The van der Waals surface area contributed by atoms with Gasteiger partial charge in [-0.3, -0.25) is 4.79 Å². The van der Waals surface area contributed by atoms with Gasteiger partial charge < -0.3 is 5.73 Å². The van der Waals surface area contributed by atoms with E-state index in [1.54, 1.807) is 19.1 Å². The average Bonchev–Trinajstić information content (AvgIpc) is 3.08. The molecule has 2 rings (SSSR count). The zero-order valence-electron chi connectivity index (χ0n) is 9.67. The van der Waals surface area contributed by atoms with Gasteiger partial charge in [-0.05, 0) is 37.3 Å². The molecular formula is C13H15ClFNO. The number of carbonyl (C=O) groups is 1. The van der Waals surface area contributed by atoms with Crippen LogP contribution in [0.5, 0.6) is 0 Å². The van der Waals surface area contributed by atoms with Gasteiger partial charge in [-0.15, -0.1) is 0 Å². The van der Waals surface area contributed by atoms with Gasteiger partial charge in [-0.25, -0.2) is 4.39 Å². The lowest BCUT2D eigenvalue weighted by Crippen LogP contribution is -2.48. The summed E-state index contributed by atoms with van der Waals surface area (Å²) < 4.78 is 13.6. The van der Waals surface area contributed by atoms with Crippen LogP contribution in [0.15, 0.2) is 18.2 Å². The molecule has 1 aliphatic rings. The van der Waals surface area contributed by atoms with Crippen molar-refractivity contribution in [1.82, 2.24) is 0 Å². The fourth-order valence-corrected chi connectivity index (χ4v) is 2.15. The number of rotatable bonds is 4. The van der Waals surface area contributed by atoms with E-state index in [0.29, 0.717) is 5.56 Å². The van der Waals surface area contributed by atoms with Crippen molar-refractivity contribution in [2.24, 2.45) is 11.7 Å². The van der Waals surface area contributed by atoms with E-state index in [9.17, 15) is 9.18 Å². The molecule has 1 aromatic carbocycles. The first kappa shape index (κ1) is 12.5. The van der Waals surface area contributed by atoms with Crippen LogP contribution >= 0.6 is 11.6 Å². The van der Waals surface area contributed by atoms with E-state index in [0.717, 1.165) is 12.8 Å². The fraction of sp³-hybridized carbons (Fsp3) is 0.462. The smallest absolute Gasteiger partial charge is 0.157 e. The molecule has 0 radical (unpaired) electrons. The van der Waals surface area contributed by atoms with Crippen LogP contribution in [0.25, 0.3) is 0 Å². The molecule has 0 saturated heterocycles. The Labute approximate surface area is 105 Å². The second-order valence-corrected chi connectivity index (χ2v) is 5.28. The summed E-state index contributed by atoms with van der Waals surface area (Å²) in [4.78, 5) is 12.0. The van der Waals surface area contributed by atoms with E-state index in [4.69, 9.17) is 17.3 Å². The van der Waals surface area contributed by atoms with Crippen LogP contribution in [0.1, 0.15) is 25.3 Å². The average molecular weight is 256 g/mol. The SMILES string of the molecule is CC(N)(C(=O)Cc1cccc(Cl)c1F)C1CC1. The molecular weight excluding hydrogens is 241 g/mol. The summed E-state index contributed by atoms with van der Waals surface area (Å²) >= 11 is 5.67. The molecule has 2 N–H and O–H groups in total. The summed E-state index contributed by atoms with van der Waals surface area (Å²) in [5.41, 5.74) is 5.48. The summed E-state index contributed by atoms with van der Waals surface area (Å²) in [7, 11) is 0. The van der Waals surface area contributed by atoms with E-state index < -0.39 is 11.4 Å². The van der Waals surface area contributed by atoms with Crippen molar-refractivity contribution in [2.45, 2.75) is 31.7 Å². The van der Waals surface area contributed by atoms with Crippen LogP contribution in [0.2, 0.25) is 5.02 Å². The Morgan fingerprint density at radius 1 is 1.59 bits per heavy atom. The quantitative estimate of drug-likeness (QED) is 0.899. The van der Waals surface area contributed by atoms with Crippen LogP contribution in [0, 0.1) is 11.7 Å². The Morgan fingerprint density at radius 3 is 2.82 bits per heavy atom. The summed E-state index contributed by atoms with van der Waals surface area (Å²) in [6, 6.07) is 4.68. The van der Waals surface area contributed by atoms with Crippen molar-refractivity contribution in [3.63, 3.8) is 0 Å². The van der Waals surface area contributed by atoms with Gasteiger partial charge in [-0.2, -0.15) is 0 Å². The van der Waals surface area contributed by atoms with Gasteiger partial charge in [0.05, 0.1) is 10.6 Å². The number of benzene rings is 1. The molecule has 0 aliphatic heterocycles. The molecule has 0 spiro atoms. The highest BCUT2D eigenvalue weighted by Crippen LogP contribution is 2.39. The second kappa shape index (κ2) is 4.39. The molecule has 0 aromatic heterocycles. The highest BCUT2D eigenvalue weighted by Gasteiger charge is 2.43. The minimum Gasteiger partial charge on any atom is -0.319 e. The Morgan fingerprint density at radius 2 is 2.24 bits per heavy atom. The normalized spacial score (nSPS) is 18.8. The highest BCUT2D eigenvalue weighted by molar-refractivity contribution is 6.30. The summed E-state index contributed by atoms with van der Waals surface area (Å²) in [5, 5.41) is 0.0421. The topological polar surface area (TPSA) is 43.1 Å². The number of halogens is 2. The fourth-order valence-electron chi connectivity index (χ4n) is 1.96. The monoisotopic (exact) mass is 255 g/mol. The van der Waals surface area contributed by atoms with E-state index in [-0.39, 0.29) is 23.1 Å². The van der Waals surface area contributed by atoms with E-state index in [1.807, 2.05) is 0 Å². The minimum absolute atomic E-state index is 0.00981. The van der Waals surface area contributed by atoms with Gasteiger partial charge in [0.15, 0.2) is 5.78 Å². The van der Waals surface area contributed by atoms with Crippen molar-refractivity contribution in [3.8, 4) is 0 Å². The zero-order valence-corrected chi connectivity index (χ0v) is 10.4. The number of ketones is 1. The van der Waals surface area contributed by atoms with Crippen LogP contribution in [-0.4, -0.2) is 11.3 Å². The highest BCUT2D eigenvalue weighted by atomic mass is 35.5. The van der Waals surface area contributed by atoms with Crippen molar-refractivity contribution >= 4 is 17.4 Å². The molecule has 1 aromatic rings. The summed E-state index contributed by atoms with van der Waals surface area (Å²) in [6.45, 7) is 1.73. The van der Waals surface area contributed by atoms with Crippen molar-refractivity contribution in [3.05, 3.63) is 34.6 Å². The number of hydrogen-bond donors (Lipinski definition) is 1. The number of Topliss-reactive ketones (excluding diaryl/α,β-unsaturated/α-hetero) is 1. The van der Waals surface area contributed by atoms with Gasteiger partial charge in [0.25, 0.3) is 0 Å². The molecule has 0 amide bonds. The van der Waals surface area contributed by atoms with Crippen molar-refractivity contribution in [2.75, 3.05) is 0 Å². The first-order chi connectivity index (χ1) is 7.93. The third-order valence-corrected chi connectivity index (χ3v) is 3.70. The zero-order chi connectivity index (χ0) is 12.6. The minimum atomic E-state index is -0.839. The molecule has 17 heavy (non-hydrogen) atoms. The second-order valence-electron chi connectivity index (χ2n) is 4.87. The Bertz CT molecular complexity index is 455. The van der Waals surface area contributed by atoms with Gasteiger partial charge >= 0.3 is 0 Å². The maximum Gasteiger partial charge on any atom is 0.157 e. The maximum atomic E-state index is 13.6. The van der Waals surface area contributed by atoms with Crippen LogP contribution in [0.3, 0.4) is 0 Å². The molecule has 92 valence electrons. The molecule has 4 heteroatoms. The lowest BCUT2D eigenvalue weighted by atomic mass is 9.88. The number of carbonyl (C=O) groups excluding carboxylic acids is 1. The van der Waals surface area contributed by atoms with Crippen LogP contribution in [0.4, 0.5) is 4.39 Å². The molecule has 1 fully saturated rings. The van der Waals surface area contributed by atoms with Crippen LogP contribution < -0.4 is 5.73 Å². The van der Waals surface area contributed by atoms with Gasteiger partial charge in [0, 0.05) is 6.42 Å². The summed E-state index contributed by atoms with van der Waals surface area (Å²) in [6.07, 6.45) is 1.98. The van der Waals surface area contributed by atoms with E-state index in [2.05, 4.69) is 0 Å². The maximum absolute atomic E-state index is 13.6. The van der Waals surface area contributed by atoms with Crippen molar-refractivity contribution < 1.29 is 9.18 Å². The van der Waals surface area contributed by atoms with Crippen molar-refractivity contribution in [1.29, 1.82) is 0 Å². The number of hydrogen-bond acceptors (Lipinski definition) is 2. The molecule has 0 heterocycles. The summed E-state index contributed by atoms with van der Waals surface area (Å²) in [5.74, 6) is -0.396. The lowest BCUT2D eigenvalue weighted by molar-refractivity contribution is -0.123. The largest absolute Gasteiger partial charge is 0.319 e. The third-order valence-electron chi connectivity index (χ3n) is 3.41. The lowest BCUT2D eigenvalue weighted by Gasteiger charge is -2.22. The van der Waals surface area contributed by atoms with E-state index in [1.165, 1.54) is 6.07 Å². The standard InChI is InChI=1S/C13H15ClFNO/c1-13(16,9-5-6-9)11(17)7-8-3-2-4-10(14)12(8)15/h2-4,9H,5-7,16H2,1H3. The molecule has 1 unspecified atom stereocenters. The first-order valence-electron chi connectivity index (χ1n) is 5.68. The van der Waals surface area contributed by atoms with E-state index >= 15 is 0 Å². The van der Waals surface area contributed by atoms with Gasteiger partial charge in [0.1, 0.15) is 5.82 Å². The number of nitrogens with two attached hydrogens (primary N) is 1. The molecule has 2 nitrogen and oxygen atoms in total. The molecule has 0 bridgehead atoms. The van der Waals surface area contributed by atoms with Gasteiger partial charge in [0.2, 0.25) is 0 Å².